The van der Waals surface area contributed by atoms with Gasteiger partial charge in [0.05, 0.1) is 24.2 Å². The number of carbonyl (C=O) groups excluding carboxylic acids is 4. The van der Waals surface area contributed by atoms with Crippen LogP contribution in [0.5, 0.6) is 11.5 Å². The minimum atomic E-state index is -1.12. The Balaban J connectivity index is 2.08. The van der Waals surface area contributed by atoms with Crippen LogP contribution in [-0.2, 0) is 53.1 Å². The molecule has 2 aromatic carbocycles. The lowest BCUT2D eigenvalue weighted by Crippen LogP contribution is -2.32. The molecule has 6 unspecified atom stereocenters. The van der Waals surface area contributed by atoms with Gasteiger partial charge in [-0.25, -0.2) is 9.59 Å². The molecule has 294 valence electrons. The molecular formula is C35H40B2I2O14P2. The molecule has 0 aliphatic rings. The van der Waals surface area contributed by atoms with Gasteiger partial charge >= 0.3 is 35.8 Å². The van der Waals surface area contributed by atoms with Gasteiger partial charge in [0.2, 0.25) is 9.71 Å². The fourth-order valence-corrected chi connectivity index (χ4v) is 8.33. The highest BCUT2D eigenvalue weighted by atomic mass is 127. The summed E-state index contributed by atoms with van der Waals surface area (Å²) in [6.45, 7) is 9.75. The lowest BCUT2D eigenvalue weighted by Gasteiger charge is -2.27. The van der Waals surface area contributed by atoms with Gasteiger partial charge in [0.15, 0.2) is 12.2 Å². The second-order valence-electron chi connectivity index (χ2n) is 11.9. The van der Waals surface area contributed by atoms with E-state index in [1.807, 2.05) is 82.9 Å². The number of esters is 4. The first kappa shape index (κ1) is 47.9. The number of rotatable bonds is 26. The zero-order valence-electron chi connectivity index (χ0n) is 29.9. The van der Waals surface area contributed by atoms with Crippen molar-refractivity contribution in [1.82, 2.24) is 0 Å². The summed E-state index contributed by atoms with van der Waals surface area (Å²) in [4.78, 5) is 74.6. The van der Waals surface area contributed by atoms with Crippen molar-refractivity contribution in [2.75, 3.05) is 26.4 Å². The Kier molecular flexibility index (Phi) is 21.9. The predicted molar refractivity (Wildman–Crippen MR) is 226 cm³/mol. The fraction of sp³-hybridized carbons (Fsp3) is 0.371. The van der Waals surface area contributed by atoms with Crippen LogP contribution in [0.3, 0.4) is 0 Å². The lowest BCUT2D eigenvalue weighted by molar-refractivity contribution is -0.159. The second kappa shape index (κ2) is 25.1. The molecular weight excluding hydrogens is 982 g/mol. The number of carboxylic acids is 2. The molecule has 0 amide bonds. The van der Waals surface area contributed by atoms with Gasteiger partial charge in [-0.1, -0.05) is 51.3 Å². The average molecular weight is 1020 g/mol. The minimum absolute atomic E-state index is 0.0920. The molecule has 55 heavy (non-hydrogen) atoms. The Morgan fingerprint density at radius 1 is 0.673 bits per heavy atom. The molecule has 2 rings (SSSR count). The summed E-state index contributed by atoms with van der Waals surface area (Å²) in [6, 6.07) is 14.4. The quantitative estimate of drug-likeness (QED) is 0.0318. The first-order valence-corrected chi connectivity index (χ1v) is 21.2. The summed E-state index contributed by atoms with van der Waals surface area (Å²) in [5.41, 5.74) is -0.484. The number of aliphatic carboxylic acids is 2. The maximum absolute atomic E-state index is 12.5. The van der Waals surface area contributed by atoms with Crippen LogP contribution >= 0.6 is 61.7 Å². The summed E-state index contributed by atoms with van der Waals surface area (Å²) in [5.74, 6) is -4.32. The Labute approximate surface area is 350 Å². The number of carbonyl (C=O) groups is 6. The summed E-state index contributed by atoms with van der Waals surface area (Å²) in [5, 5.41) is 18.8. The van der Waals surface area contributed by atoms with E-state index in [-0.39, 0.29) is 56.2 Å². The highest BCUT2D eigenvalue weighted by Crippen LogP contribution is 2.33. The first-order valence-electron chi connectivity index (χ1n) is 16.4. The summed E-state index contributed by atoms with van der Waals surface area (Å²) in [7, 11) is -0.184. The van der Waals surface area contributed by atoms with E-state index in [1.54, 1.807) is 34.0 Å². The molecule has 0 aliphatic heterocycles. The largest absolute Gasteiger partial charge is 0.490 e. The maximum atomic E-state index is 12.5. The van der Waals surface area contributed by atoms with Crippen molar-refractivity contribution in [3.63, 3.8) is 0 Å². The molecule has 0 spiro atoms. The Morgan fingerprint density at radius 3 is 1.31 bits per heavy atom. The third-order valence-corrected chi connectivity index (χ3v) is 11.8. The standard InChI is InChI=1S/C35H40B2I2O14P2/c1-5-29(40)50-19-25(52-31(42)15-27(33(44)45)54-36-38)17-48-23-11-7-21(8-12-23)35(3,4)22-9-13-24(14-10-22)49-18-26(20-51-30(41)6-2)53-32(43)16-28(34(46)47)55-37-39/h5-14,25-28,54-55H,1-2,15-20H2,3-4H3,(H,44,45)(H,46,47). The minimum Gasteiger partial charge on any atom is -0.490 e. The van der Waals surface area contributed by atoms with Gasteiger partial charge in [-0.05, 0) is 35.4 Å². The zero-order valence-corrected chi connectivity index (χ0v) is 36.3. The van der Waals surface area contributed by atoms with Gasteiger partial charge in [0, 0.05) is 17.6 Å². The van der Waals surface area contributed by atoms with Crippen LogP contribution in [0, 0.1) is 0 Å². The number of benzene rings is 2. The lowest BCUT2D eigenvalue weighted by atomic mass is 9.78. The second-order valence-corrected chi connectivity index (χ2v) is 18.2. The number of halogens is 2. The first-order chi connectivity index (χ1) is 26.1. The number of carboxylic acid groups (broad SMARTS) is 2. The van der Waals surface area contributed by atoms with Crippen LogP contribution in [0.25, 0.3) is 0 Å². The molecule has 14 nitrogen and oxygen atoms in total. The van der Waals surface area contributed by atoms with Crippen LogP contribution in [0.4, 0.5) is 0 Å². The Bertz CT molecular complexity index is 1510. The normalized spacial score (nSPS) is 13.5. The van der Waals surface area contributed by atoms with E-state index in [2.05, 4.69) is 13.2 Å². The van der Waals surface area contributed by atoms with Gasteiger partial charge < -0.3 is 38.6 Å². The molecule has 0 aliphatic carbocycles. The third-order valence-electron chi connectivity index (χ3n) is 7.64. The molecule has 20 heteroatoms. The summed E-state index contributed by atoms with van der Waals surface area (Å²) >= 11 is 3.85. The van der Waals surface area contributed by atoms with E-state index >= 15 is 0 Å². The van der Waals surface area contributed by atoms with Crippen molar-refractivity contribution in [1.29, 1.82) is 0 Å². The molecule has 2 aromatic rings. The van der Waals surface area contributed by atoms with Crippen molar-refractivity contribution >= 4 is 107 Å². The molecule has 0 saturated carbocycles. The van der Waals surface area contributed by atoms with Crippen molar-refractivity contribution < 1.29 is 67.4 Å². The molecule has 0 heterocycles. The Hall–Kier alpha value is -3.21. The van der Waals surface area contributed by atoms with Gasteiger partial charge in [-0.15, -0.1) is 16.9 Å². The molecule has 2 N–H and O–H groups in total. The fourth-order valence-electron chi connectivity index (χ4n) is 4.57. The van der Waals surface area contributed by atoms with E-state index in [0.717, 1.165) is 23.3 Å². The molecule has 0 aromatic heterocycles. The highest BCUT2D eigenvalue weighted by molar-refractivity contribution is 14.1. The van der Waals surface area contributed by atoms with E-state index in [9.17, 15) is 39.0 Å². The highest BCUT2D eigenvalue weighted by Gasteiger charge is 2.27. The molecule has 6 atom stereocenters. The van der Waals surface area contributed by atoms with Gasteiger partial charge in [0.25, 0.3) is 0 Å². The smallest absolute Gasteiger partial charge is 0.330 e. The topological polar surface area (TPSA) is 198 Å². The van der Waals surface area contributed by atoms with Gasteiger partial charge in [-0.3, -0.25) is 19.2 Å². The van der Waals surface area contributed by atoms with Crippen LogP contribution in [0.1, 0.15) is 37.8 Å². The van der Waals surface area contributed by atoms with Crippen molar-refractivity contribution in [3.8, 4) is 11.5 Å². The number of ether oxygens (including phenoxy) is 6. The van der Waals surface area contributed by atoms with Gasteiger partial charge in [0.1, 0.15) is 37.9 Å². The zero-order chi connectivity index (χ0) is 41.0. The van der Waals surface area contributed by atoms with Gasteiger partial charge in [-0.2, -0.15) is 44.7 Å². The molecule has 0 bridgehead atoms. The van der Waals surface area contributed by atoms with E-state index < -0.39 is 64.8 Å². The Morgan fingerprint density at radius 2 is 1.02 bits per heavy atom. The predicted octanol–water partition coefficient (Wildman–Crippen LogP) is 5.03. The third kappa shape index (κ3) is 17.6. The van der Waals surface area contributed by atoms with Crippen LogP contribution in [0.15, 0.2) is 73.8 Å². The molecule has 0 fully saturated rings. The number of hydrogen-bond donors (Lipinski definition) is 2. The van der Waals surface area contributed by atoms with E-state index in [1.165, 1.54) is 0 Å². The van der Waals surface area contributed by atoms with E-state index in [0.29, 0.717) is 11.5 Å². The van der Waals surface area contributed by atoms with Crippen LogP contribution in [-0.4, -0.2) is 106 Å². The van der Waals surface area contributed by atoms with Crippen molar-refractivity contribution in [2.45, 2.75) is 55.6 Å². The number of hydrogen-bond acceptors (Lipinski definition) is 12. The maximum Gasteiger partial charge on any atom is 0.330 e. The monoisotopic (exact) mass is 1020 g/mol. The summed E-state index contributed by atoms with van der Waals surface area (Å²) < 4.78 is 32.6. The SMILES string of the molecule is C=CC(=O)OCC(COc1ccc(C(C)(C)c2ccc(OCC(COC(=O)C=C)OC(=O)CC(P[B]I)C(=O)O)cc2)cc1)OC(=O)CC(P[B]I)C(=O)O. The van der Waals surface area contributed by atoms with Crippen molar-refractivity contribution in [3.05, 3.63) is 85.0 Å². The molecule has 0 saturated heterocycles. The van der Waals surface area contributed by atoms with Crippen molar-refractivity contribution in [2.24, 2.45) is 0 Å². The molecule has 2 radical (unpaired) electrons. The van der Waals surface area contributed by atoms with Crippen LogP contribution < -0.4 is 9.47 Å². The summed E-state index contributed by atoms with van der Waals surface area (Å²) in [6.07, 6.45) is -0.784. The van der Waals surface area contributed by atoms with E-state index in [4.69, 9.17) is 28.4 Å². The van der Waals surface area contributed by atoms with Crippen LogP contribution in [0.2, 0.25) is 0 Å². The average Bonchev–Trinajstić information content (AvgIpc) is 3.16.